The molecule has 0 radical (unpaired) electrons. The number of carbonyl (C=O) groups excluding carboxylic acids is 2. The predicted octanol–water partition coefficient (Wildman–Crippen LogP) is 3.88. The maximum atomic E-state index is 12.1. The van der Waals surface area contributed by atoms with E-state index >= 15 is 0 Å². The molecular formula is C18H18N4O2S3. The second-order valence-corrected chi connectivity index (χ2v) is 8.98. The number of benzene rings is 1. The fourth-order valence-corrected chi connectivity index (χ4v) is 4.48. The smallest absolute Gasteiger partial charge is 0.267 e. The lowest BCUT2D eigenvalue weighted by molar-refractivity contribution is -0.118. The van der Waals surface area contributed by atoms with Crippen molar-refractivity contribution in [1.29, 1.82) is 0 Å². The number of nitrogens with zero attached hydrogens (tertiary/aromatic N) is 2. The molecule has 27 heavy (non-hydrogen) atoms. The number of aryl methyl sites for hydroxylation is 2. The molecule has 0 spiro atoms. The van der Waals surface area contributed by atoms with E-state index in [4.69, 9.17) is 0 Å². The number of rotatable bonds is 7. The van der Waals surface area contributed by atoms with Gasteiger partial charge in [0.25, 0.3) is 5.91 Å². The minimum absolute atomic E-state index is 0.0737. The van der Waals surface area contributed by atoms with E-state index in [1.165, 1.54) is 40.0 Å². The number of carbonyl (C=O) groups is 2. The molecule has 2 heterocycles. The van der Waals surface area contributed by atoms with Crippen LogP contribution in [0.5, 0.6) is 0 Å². The Morgan fingerprint density at radius 1 is 1.11 bits per heavy atom. The van der Waals surface area contributed by atoms with Crippen molar-refractivity contribution in [3.05, 3.63) is 57.3 Å². The van der Waals surface area contributed by atoms with Gasteiger partial charge in [-0.05, 0) is 36.4 Å². The van der Waals surface area contributed by atoms with E-state index in [9.17, 15) is 9.59 Å². The average molecular weight is 419 g/mol. The van der Waals surface area contributed by atoms with Crippen LogP contribution in [0, 0.1) is 13.8 Å². The number of thioether (sulfide) groups is 1. The Morgan fingerprint density at radius 3 is 2.59 bits per heavy atom. The summed E-state index contributed by atoms with van der Waals surface area (Å²) in [6.07, 6.45) is 0. The number of amides is 2. The number of aromatic nitrogens is 2. The van der Waals surface area contributed by atoms with E-state index in [2.05, 4.69) is 20.8 Å². The van der Waals surface area contributed by atoms with Crippen LogP contribution in [0.1, 0.15) is 26.4 Å². The number of thiophene rings is 1. The molecule has 140 valence electrons. The normalized spacial score (nSPS) is 10.6. The highest BCUT2D eigenvalue weighted by atomic mass is 32.2. The third kappa shape index (κ3) is 5.88. The van der Waals surface area contributed by atoms with Crippen molar-refractivity contribution in [2.75, 3.05) is 11.1 Å². The summed E-state index contributed by atoms with van der Waals surface area (Å²) in [6.45, 7) is 4.47. The molecule has 2 N–H and O–H groups in total. The predicted molar refractivity (Wildman–Crippen MR) is 111 cm³/mol. The van der Waals surface area contributed by atoms with Crippen LogP contribution in [0.25, 0.3) is 0 Å². The van der Waals surface area contributed by atoms with Gasteiger partial charge in [0.2, 0.25) is 11.0 Å². The minimum atomic E-state index is -0.198. The van der Waals surface area contributed by atoms with E-state index in [-0.39, 0.29) is 17.6 Å². The zero-order valence-corrected chi connectivity index (χ0v) is 17.3. The molecule has 0 saturated carbocycles. The summed E-state index contributed by atoms with van der Waals surface area (Å²) in [5.74, 6) is -0.0227. The zero-order chi connectivity index (χ0) is 19.2. The lowest BCUT2D eigenvalue weighted by atomic mass is 10.1. The first-order chi connectivity index (χ1) is 13.0. The van der Waals surface area contributed by atoms with Crippen molar-refractivity contribution in [2.45, 2.75) is 24.7 Å². The number of anilines is 1. The van der Waals surface area contributed by atoms with Crippen LogP contribution in [0.4, 0.5) is 5.13 Å². The Bertz CT molecular complexity index is 934. The van der Waals surface area contributed by atoms with Gasteiger partial charge in [-0.15, -0.1) is 21.5 Å². The quantitative estimate of drug-likeness (QED) is 0.449. The molecule has 0 fully saturated rings. The van der Waals surface area contributed by atoms with Gasteiger partial charge < -0.3 is 5.32 Å². The summed E-state index contributed by atoms with van der Waals surface area (Å²) >= 11 is 3.94. The van der Waals surface area contributed by atoms with Gasteiger partial charge in [0.1, 0.15) is 0 Å². The van der Waals surface area contributed by atoms with Gasteiger partial charge in [0.05, 0.1) is 10.6 Å². The first-order valence-electron chi connectivity index (χ1n) is 8.14. The molecule has 1 aromatic carbocycles. The molecule has 6 nitrogen and oxygen atoms in total. The Morgan fingerprint density at radius 2 is 1.89 bits per heavy atom. The second-order valence-electron chi connectivity index (χ2n) is 5.87. The van der Waals surface area contributed by atoms with Gasteiger partial charge in [-0.1, -0.05) is 52.9 Å². The zero-order valence-electron chi connectivity index (χ0n) is 14.8. The Kier molecular flexibility index (Phi) is 6.59. The van der Waals surface area contributed by atoms with Crippen LogP contribution < -0.4 is 10.6 Å². The molecule has 0 saturated heterocycles. The van der Waals surface area contributed by atoms with Crippen molar-refractivity contribution in [3.63, 3.8) is 0 Å². The van der Waals surface area contributed by atoms with E-state index in [0.717, 1.165) is 11.1 Å². The van der Waals surface area contributed by atoms with Crippen molar-refractivity contribution in [1.82, 2.24) is 15.5 Å². The minimum Gasteiger partial charge on any atom is -0.351 e. The molecule has 2 amide bonds. The van der Waals surface area contributed by atoms with Crippen LogP contribution in [0.2, 0.25) is 0 Å². The standard InChI is InChI=1S/C18H18N4O2S3/c1-11-3-5-13(6-4-11)8-19-15(23)10-26-18-22-21-17(27-18)20-16(24)14-7-12(2)9-25-14/h3-7,9H,8,10H2,1-2H3,(H,19,23)(H,20,21,24). The largest absolute Gasteiger partial charge is 0.351 e. The Labute approximate surface area is 169 Å². The Balaban J connectivity index is 1.44. The molecule has 9 heteroatoms. The molecule has 3 rings (SSSR count). The van der Waals surface area contributed by atoms with E-state index in [1.807, 2.05) is 49.6 Å². The van der Waals surface area contributed by atoms with Gasteiger partial charge in [-0.25, -0.2) is 0 Å². The number of hydrogen-bond acceptors (Lipinski definition) is 7. The summed E-state index contributed by atoms with van der Waals surface area (Å²) in [5, 5.41) is 15.9. The average Bonchev–Trinajstić information content (AvgIpc) is 3.28. The first-order valence-corrected chi connectivity index (χ1v) is 10.8. The van der Waals surface area contributed by atoms with Crippen LogP contribution in [0.15, 0.2) is 40.1 Å². The maximum Gasteiger partial charge on any atom is 0.267 e. The monoisotopic (exact) mass is 418 g/mol. The van der Waals surface area contributed by atoms with Gasteiger partial charge in [-0.2, -0.15) is 0 Å². The summed E-state index contributed by atoms with van der Waals surface area (Å²) in [7, 11) is 0. The third-order valence-corrected chi connectivity index (χ3v) is 6.54. The fraction of sp³-hybridized carbons (Fsp3) is 0.222. The van der Waals surface area contributed by atoms with E-state index in [1.54, 1.807) is 0 Å². The lowest BCUT2D eigenvalue weighted by Gasteiger charge is -2.04. The topological polar surface area (TPSA) is 84.0 Å². The highest BCUT2D eigenvalue weighted by Gasteiger charge is 2.13. The Hall–Kier alpha value is -2.23. The van der Waals surface area contributed by atoms with E-state index < -0.39 is 0 Å². The molecule has 3 aromatic rings. The molecule has 2 aromatic heterocycles. The summed E-state index contributed by atoms with van der Waals surface area (Å²) in [5.41, 5.74) is 3.30. The summed E-state index contributed by atoms with van der Waals surface area (Å²) < 4.78 is 0.637. The van der Waals surface area contributed by atoms with E-state index in [0.29, 0.717) is 20.9 Å². The highest BCUT2D eigenvalue weighted by molar-refractivity contribution is 8.01. The molecule has 0 unspecified atom stereocenters. The molecule has 0 atom stereocenters. The SMILES string of the molecule is Cc1ccc(CNC(=O)CSc2nnc(NC(=O)c3cc(C)cs3)s2)cc1. The molecular weight excluding hydrogens is 400 g/mol. The van der Waals surface area contributed by atoms with Crippen LogP contribution >= 0.6 is 34.4 Å². The fourth-order valence-electron chi connectivity index (χ4n) is 2.11. The van der Waals surface area contributed by atoms with Crippen molar-refractivity contribution in [3.8, 4) is 0 Å². The van der Waals surface area contributed by atoms with Crippen LogP contribution in [-0.2, 0) is 11.3 Å². The van der Waals surface area contributed by atoms with Crippen molar-refractivity contribution < 1.29 is 9.59 Å². The lowest BCUT2D eigenvalue weighted by Crippen LogP contribution is -2.24. The van der Waals surface area contributed by atoms with Gasteiger partial charge in [-0.3, -0.25) is 14.9 Å². The maximum absolute atomic E-state index is 12.1. The van der Waals surface area contributed by atoms with Gasteiger partial charge in [0, 0.05) is 6.54 Å². The number of hydrogen-bond donors (Lipinski definition) is 2. The first kappa shape index (κ1) is 19.5. The summed E-state index contributed by atoms with van der Waals surface area (Å²) in [6, 6.07) is 9.86. The van der Waals surface area contributed by atoms with Crippen LogP contribution in [0.3, 0.4) is 0 Å². The summed E-state index contributed by atoms with van der Waals surface area (Å²) in [4.78, 5) is 24.7. The van der Waals surface area contributed by atoms with Crippen molar-refractivity contribution in [2.24, 2.45) is 0 Å². The van der Waals surface area contributed by atoms with Gasteiger partial charge in [0.15, 0.2) is 4.34 Å². The third-order valence-electron chi connectivity index (χ3n) is 3.52. The molecule has 0 aliphatic carbocycles. The van der Waals surface area contributed by atoms with Crippen molar-refractivity contribution >= 4 is 51.4 Å². The molecule has 0 bridgehead atoms. The van der Waals surface area contributed by atoms with Crippen LogP contribution in [-0.4, -0.2) is 27.8 Å². The molecule has 0 aliphatic heterocycles. The van der Waals surface area contributed by atoms with Gasteiger partial charge >= 0.3 is 0 Å². The highest BCUT2D eigenvalue weighted by Crippen LogP contribution is 2.26. The second kappa shape index (κ2) is 9.12. The number of nitrogens with one attached hydrogen (secondary N) is 2. The molecule has 0 aliphatic rings.